The van der Waals surface area contributed by atoms with Crippen LogP contribution in [0.3, 0.4) is 0 Å². The molecule has 1 aliphatic rings. The van der Waals surface area contributed by atoms with E-state index in [-0.39, 0.29) is 5.91 Å². The van der Waals surface area contributed by atoms with E-state index in [0.29, 0.717) is 36.5 Å². The summed E-state index contributed by atoms with van der Waals surface area (Å²) in [7, 11) is 1.81. The highest BCUT2D eigenvalue weighted by Gasteiger charge is 2.22. The first kappa shape index (κ1) is 21.9. The summed E-state index contributed by atoms with van der Waals surface area (Å²) >= 11 is 7.48. The average Bonchev–Trinajstić information content (AvgIpc) is 3.08. The molecular formula is C20H28ClN5O2S. The van der Waals surface area contributed by atoms with Gasteiger partial charge in [0.1, 0.15) is 0 Å². The molecule has 0 atom stereocenters. The van der Waals surface area contributed by atoms with Gasteiger partial charge in [-0.25, -0.2) is 0 Å². The molecule has 3 rings (SSSR count). The van der Waals surface area contributed by atoms with Crippen LogP contribution in [0.1, 0.15) is 19.4 Å². The number of rotatable bonds is 8. The summed E-state index contributed by atoms with van der Waals surface area (Å²) in [5, 5.41) is 10.3. The average molecular weight is 438 g/mol. The Morgan fingerprint density at radius 1 is 1.31 bits per heavy atom. The number of ether oxygens (including phenoxy) is 1. The maximum absolute atomic E-state index is 12.6. The smallest absolute Gasteiger partial charge is 0.233 e. The second-order valence-corrected chi connectivity index (χ2v) is 8.93. The molecule has 0 radical (unpaired) electrons. The largest absolute Gasteiger partial charge is 0.378 e. The highest BCUT2D eigenvalue weighted by Crippen LogP contribution is 2.24. The highest BCUT2D eigenvalue weighted by atomic mass is 35.5. The van der Waals surface area contributed by atoms with Crippen molar-refractivity contribution in [2.45, 2.75) is 32.1 Å². The van der Waals surface area contributed by atoms with E-state index in [9.17, 15) is 4.79 Å². The van der Waals surface area contributed by atoms with Crippen molar-refractivity contribution in [3.63, 3.8) is 0 Å². The van der Waals surface area contributed by atoms with Crippen LogP contribution in [0.25, 0.3) is 0 Å². The quantitative estimate of drug-likeness (QED) is 0.591. The van der Waals surface area contributed by atoms with Crippen molar-refractivity contribution < 1.29 is 9.53 Å². The Morgan fingerprint density at radius 3 is 2.76 bits per heavy atom. The van der Waals surface area contributed by atoms with E-state index in [1.807, 2.05) is 31.3 Å². The van der Waals surface area contributed by atoms with Gasteiger partial charge in [0.15, 0.2) is 5.16 Å². The molecule has 29 heavy (non-hydrogen) atoms. The van der Waals surface area contributed by atoms with Gasteiger partial charge in [0.2, 0.25) is 11.9 Å². The number of morpholine rings is 1. The maximum Gasteiger partial charge on any atom is 0.233 e. The fourth-order valence-electron chi connectivity index (χ4n) is 3.14. The van der Waals surface area contributed by atoms with Gasteiger partial charge < -0.3 is 14.5 Å². The molecule has 2 heterocycles. The second-order valence-electron chi connectivity index (χ2n) is 7.55. The van der Waals surface area contributed by atoms with Gasteiger partial charge in [0, 0.05) is 38.2 Å². The molecule has 0 saturated carbocycles. The van der Waals surface area contributed by atoms with Crippen LogP contribution in [-0.4, -0.2) is 64.7 Å². The predicted octanol–water partition coefficient (Wildman–Crippen LogP) is 3.17. The monoisotopic (exact) mass is 437 g/mol. The fourth-order valence-corrected chi connectivity index (χ4v) is 4.24. The molecule has 1 amide bonds. The first-order valence-corrected chi connectivity index (χ1v) is 11.2. The molecule has 0 unspecified atom stereocenters. The van der Waals surface area contributed by atoms with Crippen molar-refractivity contribution in [2.75, 3.05) is 44.0 Å². The van der Waals surface area contributed by atoms with Crippen molar-refractivity contribution in [1.82, 2.24) is 19.7 Å². The van der Waals surface area contributed by atoms with Crippen molar-refractivity contribution in [2.24, 2.45) is 5.92 Å². The van der Waals surface area contributed by atoms with Gasteiger partial charge in [0.05, 0.1) is 19.0 Å². The summed E-state index contributed by atoms with van der Waals surface area (Å²) in [6, 6.07) is 7.58. The summed E-state index contributed by atoms with van der Waals surface area (Å²) in [6.45, 7) is 8.69. The molecule has 2 aromatic rings. The fraction of sp³-hybridized carbons (Fsp3) is 0.550. The summed E-state index contributed by atoms with van der Waals surface area (Å²) in [5.41, 5.74) is 1.01. The Hall–Kier alpha value is -1.77. The van der Waals surface area contributed by atoms with E-state index < -0.39 is 0 Å². The van der Waals surface area contributed by atoms with E-state index in [4.69, 9.17) is 16.3 Å². The van der Waals surface area contributed by atoms with Crippen LogP contribution in [0.15, 0.2) is 29.4 Å². The number of nitrogens with zero attached hydrogens (tertiary/aromatic N) is 5. The third-order valence-electron chi connectivity index (χ3n) is 4.60. The van der Waals surface area contributed by atoms with E-state index in [0.717, 1.165) is 36.3 Å². The molecule has 0 aliphatic carbocycles. The van der Waals surface area contributed by atoms with Crippen molar-refractivity contribution >= 4 is 35.2 Å². The zero-order valence-corrected chi connectivity index (χ0v) is 18.7. The first-order valence-electron chi connectivity index (χ1n) is 9.81. The number of carbonyl (C=O) groups is 1. The number of carbonyl (C=O) groups excluding carboxylic acids is 1. The minimum atomic E-state index is 0.0435. The molecule has 158 valence electrons. The molecular weight excluding hydrogens is 410 g/mol. The molecule has 9 heteroatoms. The van der Waals surface area contributed by atoms with Crippen molar-refractivity contribution in [3.05, 3.63) is 34.9 Å². The number of aromatic nitrogens is 3. The highest BCUT2D eigenvalue weighted by molar-refractivity contribution is 7.99. The number of halogens is 1. The lowest BCUT2D eigenvalue weighted by atomic mass is 10.2. The lowest BCUT2D eigenvalue weighted by Gasteiger charge is -2.28. The standard InChI is InChI=1S/C20H28ClN5O2S/c1-15(2)12-26-19(25-7-9-28-10-8-25)22-23-20(26)29-14-18(27)24(3)13-16-5-4-6-17(21)11-16/h4-6,11,15H,7-10,12-14H2,1-3H3. The van der Waals surface area contributed by atoms with Gasteiger partial charge >= 0.3 is 0 Å². The molecule has 1 saturated heterocycles. The van der Waals surface area contributed by atoms with Crippen molar-refractivity contribution in [1.29, 1.82) is 0 Å². The van der Waals surface area contributed by atoms with E-state index in [1.54, 1.807) is 4.90 Å². The van der Waals surface area contributed by atoms with E-state index >= 15 is 0 Å². The van der Waals surface area contributed by atoms with Crippen LogP contribution in [0.4, 0.5) is 5.95 Å². The number of amides is 1. The van der Waals surface area contributed by atoms with Crippen LogP contribution < -0.4 is 4.90 Å². The minimum Gasteiger partial charge on any atom is -0.378 e. The van der Waals surface area contributed by atoms with Gasteiger partial charge in [-0.3, -0.25) is 9.36 Å². The summed E-state index contributed by atoms with van der Waals surface area (Å²) in [6.07, 6.45) is 0. The molecule has 1 aromatic heterocycles. The van der Waals surface area contributed by atoms with Crippen LogP contribution in [0.5, 0.6) is 0 Å². The van der Waals surface area contributed by atoms with Gasteiger partial charge in [-0.2, -0.15) is 0 Å². The lowest BCUT2D eigenvalue weighted by Crippen LogP contribution is -2.38. The number of hydrogen-bond donors (Lipinski definition) is 0. The number of thioether (sulfide) groups is 1. The third kappa shape index (κ3) is 6.10. The minimum absolute atomic E-state index is 0.0435. The molecule has 0 spiro atoms. The number of anilines is 1. The zero-order valence-electron chi connectivity index (χ0n) is 17.2. The Kier molecular flexibility index (Phi) is 7.80. The zero-order chi connectivity index (χ0) is 20.8. The summed E-state index contributed by atoms with van der Waals surface area (Å²) in [5.74, 6) is 1.67. The van der Waals surface area contributed by atoms with Gasteiger partial charge in [0.25, 0.3) is 0 Å². The maximum atomic E-state index is 12.6. The summed E-state index contributed by atoms with van der Waals surface area (Å²) in [4.78, 5) is 16.6. The SMILES string of the molecule is CC(C)Cn1c(SCC(=O)N(C)Cc2cccc(Cl)c2)nnc1N1CCOCC1. The van der Waals surface area contributed by atoms with Crippen LogP contribution >= 0.6 is 23.4 Å². The molecule has 1 aromatic carbocycles. The Bertz CT molecular complexity index is 823. The van der Waals surface area contributed by atoms with E-state index in [2.05, 4.69) is 33.5 Å². The first-order chi connectivity index (χ1) is 13.9. The Morgan fingerprint density at radius 2 is 2.07 bits per heavy atom. The topological polar surface area (TPSA) is 63.5 Å². The third-order valence-corrected chi connectivity index (χ3v) is 5.78. The second kappa shape index (κ2) is 10.3. The Labute approximate surface area is 181 Å². The lowest BCUT2D eigenvalue weighted by molar-refractivity contribution is -0.127. The molecule has 7 nitrogen and oxygen atoms in total. The number of benzene rings is 1. The molecule has 1 fully saturated rings. The van der Waals surface area contributed by atoms with E-state index in [1.165, 1.54) is 11.8 Å². The van der Waals surface area contributed by atoms with Crippen LogP contribution in [0.2, 0.25) is 5.02 Å². The van der Waals surface area contributed by atoms with Crippen LogP contribution in [-0.2, 0) is 22.6 Å². The van der Waals surface area contributed by atoms with Gasteiger partial charge in [-0.15, -0.1) is 10.2 Å². The Balaban J connectivity index is 1.64. The van der Waals surface area contributed by atoms with Gasteiger partial charge in [-0.05, 0) is 23.6 Å². The summed E-state index contributed by atoms with van der Waals surface area (Å²) < 4.78 is 7.58. The molecule has 0 bridgehead atoms. The predicted molar refractivity (Wildman–Crippen MR) is 117 cm³/mol. The normalized spacial score (nSPS) is 14.4. The van der Waals surface area contributed by atoms with Gasteiger partial charge in [-0.1, -0.05) is 49.3 Å². The molecule has 1 aliphatic heterocycles. The van der Waals surface area contributed by atoms with Crippen molar-refractivity contribution in [3.8, 4) is 0 Å². The number of hydrogen-bond acceptors (Lipinski definition) is 6. The van der Waals surface area contributed by atoms with Crippen LogP contribution in [0, 0.1) is 5.92 Å². The molecule has 0 N–H and O–H groups in total.